The van der Waals surface area contributed by atoms with E-state index in [4.69, 9.17) is 0 Å². The molecule has 2 unspecified atom stereocenters. The monoisotopic (exact) mass is 150 g/mol. The van der Waals surface area contributed by atoms with Gasteiger partial charge >= 0.3 is 0 Å². The van der Waals surface area contributed by atoms with Gasteiger partial charge in [-0.25, -0.2) is 0 Å². The molecular formula is C11H18. The number of hydrogen-bond donors (Lipinski definition) is 0. The molecular weight excluding hydrogens is 132 g/mol. The van der Waals surface area contributed by atoms with E-state index in [1.54, 1.807) is 0 Å². The third kappa shape index (κ3) is 1.23. The Balaban J connectivity index is 2.06. The summed E-state index contributed by atoms with van der Waals surface area (Å²) >= 11 is 0. The maximum atomic E-state index is 3.94. The maximum Gasteiger partial charge on any atom is -0.0205 e. The molecule has 62 valence electrons. The van der Waals surface area contributed by atoms with Crippen LogP contribution in [0, 0.1) is 17.8 Å². The number of fused-ring (bicyclic) bond motifs is 1. The first-order valence-electron chi connectivity index (χ1n) is 5.04. The molecule has 0 radical (unpaired) electrons. The van der Waals surface area contributed by atoms with E-state index in [1.807, 2.05) is 0 Å². The summed E-state index contributed by atoms with van der Waals surface area (Å²) in [6.07, 6.45) is 11.1. The molecule has 0 heteroatoms. The second kappa shape index (κ2) is 3.00. The maximum absolute atomic E-state index is 3.94. The minimum Gasteiger partial charge on any atom is -0.103 e. The predicted molar refractivity (Wildman–Crippen MR) is 48.4 cm³/mol. The molecule has 0 amide bonds. The molecule has 0 aromatic rings. The lowest BCUT2D eigenvalue weighted by molar-refractivity contribution is 0.219. The zero-order valence-electron chi connectivity index (χ0n) is 7.26. The van der Waals surface area contributed by atoms with Gasteiger partial charge in [0, 0.05) is 0 Å². The lowest BCUT2D eigenvalue weighted by atomic mass is 9.74. The zero-order chi connectivity index (χ0) is 7.68. The summed E-state index contributed by atoms with van der Waals surface area (Å²) in [6, 6.07) is 0. The Kier molecular flexibility index (Phi) is 2.02. The zero-order valence-corrected chi connectivity index (χ0v) is 7.26. The molecule has 0 spiro atoms. The van der Waals surface area contributed by atoms with Crippen LogP contribution in [0.2, 0.25) is 0 Å². The summed E-state index contributed by atoms with van der Waals surface area (Å²) in [6.45, 7) is 3.94. The van der Waals surface area contributed by atoms with E-state index in [2.05, 4.69) is 12.7 Å². The van der Waals surface area contributed by atoms with Crippen molar-refractivity contribution < 1.29 is 0 Å². The SMILES string of the molecule is C=CC1CCCC2CCCC12. The van der Waals surface area contributed by atoms with Gasteiger partial charge in [-0.15, -0.1) is 6.58 Å². The van der Waals surface area contributed by atoms with E-state index in [0.29, 0.717) is 0 Å². The average Bonchev–Trinajstić information content (AvgIpc) is 2.50. The fourth-order valence-corrected chi connectivity index (χ4v) is 3.11. The van der Waals surface area contributed by atoms with E-state index in [9.17, 15) is 0 Å². The summed E-state index contributed by atoms with van der Waals surface area (Å²) in [5, 5.41) is 0. The highest BCUT2D eigenvalue weighted by molar-refractivity contribution is 4.93. The summed E-state index contributed by atoms with van der Waals surface area (Å²) in [5.74, 6) is 2.98. The second-order valence-electron chi connectivity index (χ2n) is 4.19. The van der Waals surface area contributed by atoms with E-state index < -0.39 is 0 Å². The minimum absolute atomic E-state index is 0.872. The summed E-state index contributed by atoms with van der Waals surface area (Å²) in [5.41, 5.74) is 0. The van der Waals surface area contributed by atoms with E-state index in [1.165, 1.54) is 38.5 Å². The molecule has 0 aromatic heterocycles. The van der Waals surface area contributed by atoms with Gasteiger partial charge in [-0.2, -0.15) is 0 Å². The molecule has 0 N–H and O–H groups in total. The highest BCUT2D eigenvalue weighted by Gasteiger charge is 2.34. The lowest BCUT2D eigenvalue weighted by Crippen LogP contribution is -2.22. The van der Waals surface area contributed by atoms with Crippen molar-refractivity contribution in [1.29, 1.82) is 0 Å². The van der Waals surface area contributed by atoms with Crippen molar-refractivity contribution in [1.82, 2.24) is 0 Å². The Morgan fingerprint density at radius 2 is 1.73 bits per heavy atom. The highest BCUT2D eigenvalue weighted by Crippen LogP contribution is 2.45. The molecule has 2 saturated carbocycles. The van der Waals surface area contributed by atoms with Crippen LogP contribution >= 0.6 is 0 Å². The molecule has 0 aromatic carbocycles. The molecule has 2 rings (SSSR count). The predicted octanol–water partition coefficient (Wildman–Crippen LogP) is 3.39. The van der Waals surface area contributed by atoms with Gasteiger partial charge in [0.2, 0.25) is 0 Å². The van der Waals surface area contributed by atoms with Crippen molar-refractivity contribution in [3.63, 3.8) is 0 Å². The van der Waals surface area contributed by atoms with Crippen LogP contribution in [0.1, 0.15) is 38.5 Å². The van der Waals surface area contributed by atoms with Gasteiger partial charge in [-0.05, 0) is 30.6 Å². The van der Waals surface area contributed by atoms with Crippen molar-refractivity contribution in [2.24, 2.45) is 17.8 Å². The lowest BCUT2D eigenvalue weighted by Gasteiger charge is -2.31. The molecule has 2 fully saturated rings. The Hall–Kier alpha value is -0.260. The number of rotatable bonds is 1. The first kappa shape index (κ1) is 7.39. The van der Waals surface area contributed by atoms with Gasteiger partial charge in [-0.3, -0.25) is 0 Å². The largest absolute Gasteiger partial charge is 0.103 e. The molecule has 11 heavy (non-hydrogen) atoms. The van der Waals surface area contributed by atoms with Crippen molar-refractivity contribution in [2.75, 3.05) is 0 Å². The van der Waals surface area contributed by atoms with Crippen molar-refractivity contribution in [2.45, 2.75) is 38.5 Å². The van der Waals surface area contributed by atoms with Crippen LogP contribution in [0.3, 0.4) is 0 Å². The van der Waals surface area contributed by atoms with Crippen LogP contribution in [0.25, 0.3) is 0 Å². The first-order chi connectivity index (χ1) is 5.42. The van der Waals surface area contributed by atoms with Gasteiger partial charge in [-0.1, -0.05) is 31.8 Å². The van der Waals surface area contributed by atoms with Gasteiger partial charge in [0.15, 0.2) is 0 Å². The molecule has 0 bridgehead atoms. The third-order valence-electron chi connectivity index (χ3n) is 3.68. The summed E-state index contributed by atoms with van der Waals surface area (Å²) in [4.78, 5) is 0. The Labute approximate surface area is 69.7 Å². The average molecular weight is 150 g/mol. The van der Waals surface area contributed by atoms with Crippen molar-refractivity contribution in [3.8, 4) is 0 Å². The van der Waals surface area contributed by atoms with Gasteiger partial charge in [0.1, 0.15) is 0 Å². The van der Waals surface area contributed by atoms with Crippen molar-refractivity contribution >= 4 is 0 Å². The van der Waals surface area contributed by atoms with Crippen LogP contribution in [0.5, 0.6) is 0 Å². The van der Waals surface area contributed by atoms with Gasteiger partial charge in [0.05, 0.1) is 0 Å². The third-order valence-corrected chi connectivity index (χ3v) is 3.68. The Bertz CT molecular complexity index is 148. The number of allylic oxidation sites excluding steroid dienone is 1. The molecule has 0 aliphatic heterocycles. The summed E-state index contributed by atoms with van der Waals surface area (Å²) in [7, 11) is 0. The fraction of sp³-hybridized carbons (Fsp3) is 0.818. The van der Waals surface area contributed by atoms with E-state index >= 15 is 0 Å². The van der Waals surface area contributed by atoms with Crippen LogP contribution in [-0.2, 0) is 0 Å². The Morgan fingerprint density at radius 1 is 1.00 bits per heavy atom. The second-order valence-corrected chi connectivity index (χ2v) is 4.19. The van der Waals surface area contributed by atoms with Crippen LogP contribution in [-0.4, -0.2) is 0 Å². The topological polar surface area (TPSA) is 0 Å². The van der Waals surface area contributed by atoms with E-state index in [-0.39, 0.29) is 0 Å². The molecule has 0 heterocycles. The standard InChI is InChI=1S/C11H18/c1-2-9-5-3-6-10-7-4-8-11(9)10/h2,9-11H,1,3-8H2. The van der Waals surface area contributed by atoms with Gasteiger partial charge < -0.3 is 0 Å². The molecule has 0 nitrogen and oxygen atoms in total. The Morgan fingerprint density at radius 3 is 2.45 bits per heavy atom. The fourth-order valence-electron chi connectivity index (χ4n) is 3.11. The van der Waals surface area contributed by atoms with Crippen molar-refractivity contribution in [3.05, 3.63) is 12.7 Å². The van der Waals surface area contributed by atoms with Crippen LogP contribution < -0.4 is 0 Å². The first-order valence-corrected chi connectivity index (χ1v) is 5.04. The normalized spacial score (nSPS) is 43.5. The van der Waals surface area contributed by atoms with Gasteiger partial charge in [0.25, 0.3) is 0 Å². The molecule has 2 atom stereocenters. The molecule has 2 aliphatic carbocycles. The van der Waals surface area contributed by atoms with E-state index in [0.717, 1.165) is 17.8 Å². The minimum atomic E-state index is 0.872. The van der Waals surface area contributed by atoms with Crippen LogP contribution in [0.15, 0.2) is 12.7 Å². The summed E-state index contributed by atoms with van der Waals surface area (Å²) < 4.78 is 0. The smallest absolute Gasteiger partial charge is 0.0205 e. The molecule has 0 saturated heterocycles. The quantitative estimate of drug-likeness (QED) is 0.503. The number of hydrogen-bond acceptors (Lipinski definition) is 0. The molecule has 2 aliphatic rings. The highest BCUT2D eigenvalue weighted by atomic mass is 14.4. The van der Waals surface area contributed by atoms with Crippen LogP contribution in [0.4, 0.5) is 0 Å².